The van der Waals surface area contributed by atoms with Crippen molar-refractivity contribution in [2.75, 3.05) is 0 Å². The van der Waals surface area contributed by atoms with Crippen molar-refractivity contribution in [3.8, 4) is 11.8 Å². The molecule has 2 aromatic heterocycles. The van der Waals surface area contributed by atoms with Gasteiger partial charge in [0, 0.05) is 6.08 Å². The maximum absolute atomic E-state index is 5.65. The van der Waals surface area contributed by atoms with Crippen molar-refractivity contribution < 1.29 is 8.83 Å². The number of benzene rings is 2. The summed E-state index contributed by atoms with van der Waals surface area (Å²) < 4.78 is 11.2. The molecule has 0 aliphatic rings. The largest absolute Gasteiger partial charge is 0.432 e. The van der Waals surface area contributed by atoms with E-state index in [1.165, 1.54) is 0 Å². The Hall–Kier alpha value is -3.21. The predicted octanol–water partition coefficient (Wildman–Crippen LogP) is 4.36. The van der Waals surface area contributed by atoms with Crippen LogP contribution in [0.5, 0.6) is 0 Å². The minimum atomic E-state index is 0.270. The van der Waals surface area contributed by atoms with Crippen LogP contribution in [-0.2, 0) is 0 Å². The molecule has 0 N–H and O–H groups in total. The molecule has 0 radical (unpaired) electrons. The second-order valence-corrected chi connectivity index (χ2v) is 5.18. The van der Waals surface area contributed by atoms with Gasteiger partial charge in [-0.3, -0.25) is 0 Å². The fraction of sp³-hybridized carbons (Fsp3) is 0.0556. The Labute approximate surface area is 132 Å². The van der Waals surface area contributed by atoms with Crippen LogP contribution in [-0.4, -0.2) is 15.2 Å². The first kappa shape index (κ1) is 13.5. The third kappa shape index (κ3) is 2.76. The molecule has 0 bridgehead atoms. The lowest BCUT2D eigenvalue weighted by atomic mass is 10.2. The van der Waals surface area contributed by atoms with Gasteiger partial charge in [0.2, 0.25) is 5.89 Å². The van der Waals surface area contributed by atoms with E-state index in [1.807, 2.05) is 61.5 Å². The van der Waals surface area contributed by atoms with Crippen molar-refractivity contribution in [3.05, 3.63) is 65.5 Å². The van der Waals surface area contributed by atoms with E-state index in [-0.39, 0.29) is 5.89 Å². The highest BCUT2D eigenvalue weighted by Crippen LogP contribution is 2.24. The van der Waals surface area contributed by atoms with E-state index in [1.54, 1.807) is 6.08 Å². The Morgan fingerprint density at radius 2 is 1.74 bits per heavy atom. The summed E-state index contributed by atoms with van der Waals surface area (Å²) in [5.41, 5.74) is 3.66. The topological polar surface area (TPSA) is 65.0 Å². The number of aryl methyl sites for hydroxylation is 1. The highest BCUT2D eigenvalue weighted by Gasteiger charge is 2.14. The van der Waals surface area contributed by atoms with Crippen LogP contribution < -0.4 is 0 Å². The first-order valence-electron chi connectivity index (χ1n) is 7.22. The minimum absolute atomic E-state index is 0.270. The molecule has 0 atom stereocenters. The summed E-state index contributed by atoms with van der Waals surface area (Å²) in [4.78, 5) is 4.39. The van der Waals surface area contributed by atoms with Crippen molar-refractivity contribution in [3.63, 3.8) is 0 Å². The molecule has 0 fully saturated rings. The zero-order chi connectivity index (χ0) is 15.6. The van der Waals surface area contributed by atoms with Gasteiger partial charge in [-0.05, 0) is 36.3 Å². The Morgan fingerprint density at radius 1 is 0.870 bits per heavy atom. The van der Waals surface area contributed by atoms with Crippen LogP contribution in [0.4, 0.5) is 0 Å². The number of rotatable bonds is 3. The van der Waals surface area contributed by atoms with E-state index in [0.717, 1.165) is 16.6 Å². The third-order valence-electron chi connectivity index (χ3n) is 3.38. The lowest BCUT2D eigenvalue weighted by molar-refractivity contribution is 0.518. The monoisotopic (exact) mass is 303 g/mol. The van der Waals surface area contributed by atoms with Gasteiger partial charge in [0.15, 0.2) is 5.58 Å². The highest BCUT2D eigenvalue weighted by molar-refractivity contribution is 5.75. The number of nitrogens with zero attached hydrogens (tertiary/aromatic N) is 3. The molecule has 5 heteroatoms. The molecule has 0 saturated heterocycles. The van der Waals surface area contributed by atoms with Crippen LogP contribution in [0.25, 0.3) is 35.0 Å². The fourth-order valence-corrected chi connectivity index (χ4v) is 2.25. The van der Waals surface area contributed by atoms with Gasteiger partial charge in [-0.25, -0.2) is 4.98 Å². The van der Waals surface area contributed by atoms with E-state index in [9.17, 15) is 0 Å². The number of fused-ring (bicyclic) bond motifs is 1. The second kappa shape index (κ2) is 5.53. The summed E-state index contributed by atoms with van der Waals surface area (Å²) in [6, 6.07) is 15.7. The number of aromatic nitrogens is 3. The van der Waals surface area contributed by atoms with Gasteiger partial charge in [0.1, 0.15) is 5.52 Å². The van der Waals surface area contributed by atoms with Crippen molar-refractivity contribution in [1.82, 2.24) is 15.2 Å². The van der Waals surface area contributed by atoms with Crippen molar-refractivity contribution in [2.45, 2.75) is 6.92 Å². The average molecular weight is 303 g/mol. The quantitative estimate of drug-likeness (QED) is 0.562. The molecular weight excluding hydrogens is 290 g/mol. The summed E-state index contributed by atoms with van der Waals surface area (Å²) in [7, 11) is 0. The maximum Gasteiger partial charge on any atom is 0.304 e. The second-order valence-electron chi connectivity index (χ2n) is 5.18. The summed E-state index contributed by atoms with van der Waals surface area (Å²) >= 11 is 0. The Bertz CT molecular complexity index is 984. The van der Waals surface area contributed by atoms with Crippen LogP contribution in [0.15, 0.2) is 57.4 Å². The molecule has 0 spiro atoms. The molecule has 0 amide bonds. The van der Waals surface area contributed by atoms with Crippen LogP contribution in [0.3, 0.4) is 0 Å². The zero-order valence-electron chi connectivity index (χ0n) is 12.4. The van der Waals surface area contributed by atoms with Gasteiger partial charge in [0.05, 0.1) is 0 Å². The summed E-state index contributed by atoms with van der Waals surface area (Å²) in [6.45, 7) is 2.01. The SMILES string of the molecule is Cc1ccc2oc(-c3nnc(C=Cc4ccccc4)o3)nc2c1. The number of oxazole rings is 1. The Kier molecular flexibility index (Phi) is 3.24. The third-order valence-corrected chi connectivity index (χ3v) is 3.38. The van der Waals surface area contributed by atoms with E-state index in [0.29, 0.717) is 17.4 Å². The Balaban J connectivity index is 1.62. The normalized spacial score (nSPS) is 11.5. The molecule has 5 nitrogen and oxygen atoms in total. The van der Waals surface area contributed by atoms with Crippen LogP contribution in [0.1, 0.15) is 17.0 Å². The van der Waals surface area contributed by atoms with E-state index >= 15 is 0 Å². The summed E-state index contributed by atoms with van der Waals surface area (Å²) in [6.07, 6.45) is 3.67. The molecule has 0 saturated carbocycles. The molecule has 2 heterocycles. The van der Waals surface area contributed by atoms with Crippen molar-refractivity contribution >= 4 is 23.3 Å². The molecule has 4 aromatic rings. The predicted molar refractivity (Wildman–Crippen MR) is 87.4 cm³/mol. The summed E-state index contributed by atoms with van der Waals surface area (Å²) in [5.74, 6) is 1.01. The van der Waals surface area contributed by atoms with Gasteiger partial charge in [-0.15, -0.1) is 10.2 Å². The minimum Gasteiger partial charge on any atom is -0.432 e. The smallest absolute Gasteiger partial charge is 0.304 e. The van der Waals surface area contributed by atoms with E-state index < -0.39 is 0 Å². The molecular formula is C18H13N3O2. The van der Waals surface area contributed by atoms with Gasteiger partial charge >= 0.3 is 5.89 Å². The zero-order valence-corrected chi connectivity index (χ0v) is 12.4. The van der Waals surface area contributed by atoms with Crippen LogP contribution >= 0.6 is 0 Å². The molecule has 0 aliphatic carbocycles. The average Bonchev–Trinajstić information content (AvgIpc) is 3.20. The lowest BCUT2D eigenvalue weighted by Crippen LogP contribution is -1.76. The molecule has 0 unspecified atom stereocenters. The van der Waals surface area contributed by atoms with Crippen molar-refractivity contribution in [1.29, 1.82) is 0 Å². The standard InChI is InChI=1S/C18H13N3O2/c1-12-7-9-15-14(11-12)19-17(22-15)18-21-20-16(23-18)10-8-13-5-3-2-4-6-13/h2-11H,1H3. The van der Waals surface area contributed by atoms with E-state index in [2.05, 4.69) is 15.2 Å². The molecule has 23 heavy (non-hydrogen) atoms. The number of hydrogen-bond acceptors (Lipinski definition) is 5. The maximum atomic E-state index is 5.65. The first-order valence-corrected chi connectivity index (χ1v) is 7.22. The van der Waals surface area contributed by atoms with Crippen LogP contribution in [0.2, 0.25) is 0 Å². The molecule has 2 aromatic carbocycles. The van der Waals surface area contributed by atoms with Crippen molar-refractivity contribution in [2.24, 2.45) is 0 Å². The molecule has 112 valence electrons. The number of hydrogen-bond donors (Lipinski definition) is 0. The first-order chi connectivity index (χ1) is 11.3. The van der Waals surface area contributed by atoms with Crippen LogP contribution in [0, 0.1) is 6.92 Å². The molecule has 4 rings (SSSR count). The molecule has 0 aliphatic heterocycles. The highest BCUT2D eigenvalue weighted by atomic mass is 16.4. The van der Waals surface area contributed by atoms with Gasteiger partial charge in [-0.1, -0.05) is 36.4 Å². The fourth-order valence-electron chi connectivity index (χ4n) is 2.25. The van der Waals surface area contributed by atoms with E-state index in [4.69, 9.17) is 8.83 Å². The lowest BCUT2D eigenvalue weighted by Gasteiger charge is -1.88. The summed E-state index contributed by atoms with van der Waals surface area (Å²) in [5, 5.41) is 7.98. The van der Waals surface area contributed by atoms with Gasteiger partial charge in [0.25, 0.3) is 5.89 Å². The van der Waals surface area contributed by atoms with Gasteiger partial charge < -0.3 is 8.83 Å². The van der Waals surface area contributed by atoms with Gasteiger partial charge in [-0.2, -0.15) is 0 Å². The Morgan fingerprint density at radius 3 is 2.61 bits per heavy atom.